The van der Waals surface area contributed by atoms with Gasteiger partial charge < -0.3 is 4.84 Å². The van der Waals surface area contributed by atoms with E-state index >= 15 is 0 Å². The Kier molecular flexibility index (Phi) is 1.55. The lowest BCUT2D eigenvalue weighted by Gasteiger charge is -2.15. The molecule has 1 aromatic rings. The first-order valence-corrected chi connectivity index (χ1v) is 3.93. The van der Waals surface area contributed by atoms with E-state index in [4.69, 9.17) is 4.84 Å². The van der Waals surface area contributed by atoms with Crippen LogP contribution in [0.1, 0.15) is 5.56 Å². The van der Waals surface area contributed by atoms with E-state index in [1.54, 1.807) is 0 Å². The van der Waals surface area contributed by atoms with Crippen LogP contribution in [0.15, 0.2) is 29.7 Å². The molecule has 1 aliphatic heterocycles. The third-order valence-corrected chi connectivity index (χ3v) is 1.79. The second-order valence-corrected chi connectivity index (χ2v) is 2.96. The number of hydrogen-bond donors (Lipinski definition) is 1. The molecule has 0 saturated carbocycles. The highest BCUT2D eigenvalue weighted by Crippen LogP contribution is 2.24. The molecule has 0 bridgehead atoms. The molecule has 3 heteroatoms. The van der Waals surface area contributed by atoms with Crippen molar-refractivity contribution in [3.8, 4) is 5.75 Å². The normalized spacial score (nSPS) is 14.1. The molecule has 0 spiro atoms. The average molecular weight is 165 g/mol. The second kappa shape index (κ2) is 2.55. The molecular formula is C8H8NOP. The molecular weight excluding hydrogens is 157 g/mol. The minimum atomic E-state index is 0.874. The van der Waals surface area contributed by atoms with E-state index in [1.165, 1.54) is 0 Å². The molecule has 2 nitrogen and oxygen atoms in total. The highest BCUT2D eigenvalue weighted by molar-refractivity contribution is 7.22. The maximum Gasteiger partial charge on any atom is 0.162 e. The zero-order chi connectivity index (χ0) is 7.68. The van der Waals surface area contributed by atoms with Crippen molar-refractivity contribution in [3.63, 3.8) is 0 Å². The minimum Gasteiger partial charge on any atom is -0.382 e. The summed E-state index contributed by atoms with van der Waals surface area (Å²) >= 11 is 0. The third kappa shape index (κ3) is 1.22. The van der Waals surface area contributed by atoms with Crippen molar-refractivity contribution in [3.05, 3.63) is 35.3 Å². The van der Waals surface area contributed by atoms with Crippen LogP contribution in [0.3, 0.4) is 0 Å². The molecule has 1 heterocycles. The Morgan fingerprint density at radius 1 is 1.27 bits per heavy atom. The number of rotatable bonds is 0. The van der Waals surface area contributed by atoms with Gasteiger partial charge in [0.1, 0.15) is 0 Å². The molecule has 1 N–H and O–H groups in total. The van der Waals surface area contributed by atoms with Gasteiger partial charge in [-0.15, -0.1) is 0 Å². The molecule has 0 aromatic heterocycles. The van der Waals surface area contributed by atoms with E-state index in [0.29, 0.717) is 0 Å². The van der Waals surface area contributed by atoms with Gasteiger partial charge in [0.2, 0.25) is 0 Å². The van der Waals surface area contributed by atoms with Crippen LogP contribution >= 0.6 is 9.24 Å². The van der Waals surface area contributed by atoms with Crippen molar-refractivity contribution < 1.29 is 4.84 Å². The van der Waals surface area contributed by atoms with Crippen molar-refractivity contribution in [1.29, 1.82) is 0 Å². The van der Waals surface area contributed by atoms with Crippen LogP contribution < -0.4 is 10.3 Å². The van der Waals surface area contributed by atoms with Gasteiger partial charge in [0, 0.05) is 5.56 Å². The Morgan fingerprint density at radius 3 is 3.00 bits per heavy atom. The van der Waals surface area contributed by atoms with Crippen LogP contribution in [-0.2, 0) is 0 Å². The summed E-state index contributed by atoms with van der Waals surface area (Å²) < 4.78 is 0. The zero-order valence-corrected chi connectivity index (χ0v) is 7.03. The molecule has 1 unspecified atom stereocenters. The van der Waals surface area contributed by atoms with E-state index < -0.39 is 0 Å². The molecule has 1 aliphatic rings. The fourth-order valence-corrected chi connectivity index (χ4v) is 1.24. The summed E-state index contributed by atoms with van der Waals surface area (Å²) in [5.74, 6) is 0.874. The predicted molar refractivity (Wildman–Crippen MR) is 47.9 cm³/mol. The second-order valence-electron chi connectivity index (χ2n) is 2.34. The van der Waals surface area contributed by atoms with Crippen molar-refractivity contribution in [2.24, 2.45) is 0 Å². The quantitative estimate of drug-likeness (QED) is 0.591. The summed E-state index contributed by atoms with van der Waals surface area (Å²) in [5.41, 5.74) is 4.82. The van der Waals surface area contributed by atoms with Gasteiger partial charge in [0.05, 0.1) is 5.44 Å². The lowest BCUT2D eigenvalue weighted by Crippen LogP contribution is -2.17. The standard InChI is InChI=1S/C8H8NOP/c11-8-5-6-3-1-2-4-7(6)10-9-8/h1-5,9H,11H2. The van der Waals surface area contributed by atoms with E-state index in [2.05, 4.69) is 14.7 Å². The van der Waals surface area contributed by atoms with E-state index in [0.717, 1.165) is 16.8 Å². The van der Waals surface area contributed by atoms with Gasteiger partial charge in [0.25, 0.3) is 0 Å². The third-order valence-electron chi connectivity index (χ3n) is 1.51. The van der Waals surface area contributed by atoms with Crippen molar-refractivity contribution in [2.75, 3.05) is 0 Å². The molecule has 1 aromatic carbocycles. The van der Waals surface area contributed by atoms with Crippen LogP contribution in [0.25, 0.3) is 6.08 Å². The maximum absolute atomic E-state index is 5.20. The highest BCUT2D eigenvalue weighted by atomic mass is 31.0. The van der Waals surface area contributed by atoms with E-state index in [9.17, 15) is 0 Å². The van der Waals surface area contributed by atoms with Crippen molar-refractivity contribution >= 4 is 15.3 Å². The fourth-order valence-electron chi connectivity index (χ4n) is 1.00. The minimum absolute atomic E-state index is 0.874. The van der Waals surface area contributed by atoms with Crippen LogP contribution in [0.2, 0.25) is 0 Å². The number of hydroxylamine groups is 1. The maximum atomic E-state index is 5.20. The molecule has 2 rings (SSSR count). The SMILES string of the molecule is PC1=Cc2ccccc2ON1. The Balaban J connectivity index is 2.51. The lowest BCUT2D eigenvalue weighted by atomic mass is 10.2. The van der Waals surface area contributed by atoms with Gasteiger partial charge in [0.15, 0.2) is 5.75 Å². The van der Waals surface area contributed by atoms with Gasteiger partial charge in [-0.25, -0.2) is 5.48 Å². The summed E-state index contributed by atoms with van der Waals surface area (Å²) in [6.45, 7) is 0. The molecule has 1 atom stereocenters. The average Bonchev–Trinajstić information content (AvgIpc) is 2.04. The van der Waals surface area contributed by atoms with Crippen molar-refractivity contribution in [2.45, 2.75) is 0 Å². The fraction of sp³-hybridized carbons (Fsp3) is 0. The first kappa shape index (κ1) is 6.68. The summed E-state index contributed by atoms with van der Waals surface area (Å²) in [5, 5.41) is 0. The number of benzene rings is 1. The molecule has 0 aliphatic carbocycles. The molecule has 56 valence electrons. The number of para-hydroxylation sites is 1. The number of hydrogen-bond acceptors (Lipinski definition) is 2. The summed E-state index contributed by atoms with van der Waals surface area (Å²) in [6, 6.07) is 7.88. The van der Waals surface area contributed by atoms with Crippen LogP contribution in [0.5, 0.6) is 5.75 Å². The highest BCUT2D eigenvalue weighted by Gasteiger charge is 2.05. The molecule has 0 fully saturated rings. The topological polar surface area (TPSA) is 21.3 Å². The molecule has 0 radical (unpaired) electrons. The molecule has 0 saturated heterocycles. The molecule has 11 heavy (non-hydrogen) atoms. The number of nitrogens with one attached hydrogen (secondary N) is 1. The van der Waals surface area contributed by atoms with Gasteiger partial charge in [-0.1, -0.05) is 27.4 Å². The van der Waals surface area contributed by atoms with Gasteiger partial charge >= 0.3 is 0 Å². The van der Waals surface area contributed by atoms with Crippen LogP contribution in [0, 0.1) is 0 Å². The van der Waals surface area contributed by atoms with E-state index in [1.807, 2.05) is 30.3 Å². The largest absolute Gasteiger partial charge is 0.382 e. The Hall–Kier alpha value is -1.01. The number of fused-ring (bicyclic) bond motifs is 1. The Bertz CT molecular complexity index is 309. The van der Waals surface area contributed by atoms with Gasteiger partial charge in [-0.05, 0) is 12.1 Å². The van der Waals surface area contributed by atoms with Gasteiger partial charge in [-0.3, -0.25) is 0 Å². The first-order chi connectivity index (χ1) is 5.36. The molecule has 0 amide bonds. The Morgan fingerprint density at radius 2 is 2.09 bits per heavy atom. The van der Waals surface area contributed by atoms with Crippen molar-refractivity contribution in [1.82, 2.24) is 5.48 Å². The van der Waals surface area contributed by atoms with Gasteiger partial charge in [-0.2, -0.15) is 0 Å². The summed E-state index contributed by atoms with van der Waals surface area (Å²) in [7, 11) is 2.55. The van der Waals surface area contributed by atoms with Crippen LogP contribution in [0.4, 0.5) is 0 Å². The summed E-state index contributed by atoms with van der Waals surface area (Å²) in [4.78, 5) is 5.20. The monoisotopic (exact) mass is 165 g/mol. The first-order valence-electron chi connectivity index (χ1n) is 3.35. The lowest BCUT2D eigenvalue weighted by molar-refractivity contribution is 0.235. The predicted octanol–water partition coefficient (Wildman–Crippen LogP) is 1.76. The van der Waals surface area contributed by atoms with E-state index in [-0.39, 0.29) is 0 Å². The Labute approximate surface area is 67.4 Å². The smallest absolute Gasteiger partial charge is 0.162 e. The summed E-state index contributed by atoms with van der Waals surface area (Å²) in [6.07, 6.45) is 2.02. The van der Waals surface area contributed by atoms with Crippen LogP contribution in [-0.4, -0.2) is 0 Å². The zero-order valence-electron chi connectivity index (χ0n) is 5.87.